The summed E-state index contributed by atoms with van der Waals surface area (Å²) in [5.74, 6) is 0.153. The first-order valence-corrected chi connectivity index (χ1v) is 11.4. The maximum atomic E-state index is 12.9. The van der Waals surface area contributed by atoms with Crippen LogP contribution in [0.2, 0.25) is 5.02 Å². The van der Waals surface area contributed by atoms with E-state index in [0.717, 1.165) is 17.8 Å². The lowest BCUT2D eigenvalue weighted by molar-refractivity contribution is -0.116. The highest BCUT2D eigenvalue weighted by Gasteiger charge is 2.23. The zero-order valence-corrected chi connectivity index (χ0v) is 19.8. The number of anilines is 1. The van der Waals surface area contributed by atoms with Gasteiger partial charge < -0.3 is 10.2 Å². The smallest absolute Gasteiger partial charge is 0.264 e. The van der Waals surface area contributed by atoms with E-state index < -0.39 is 0 Å². The lowest BCUT2D eigenvalue weighted by Crippen LogP contribution is -2.38. The minimum absolute atomic E-state index is 0.0266. The summed E-state index contributed by atoms with van der Waals surface area (Å²) in [4.78, 5) is 27.9. The van der Waals surface area contributed by atoms with Gasteiger partial charge in [0.15, 0.2) is 0 Å². The fourth-order valence-corrected chi connectivity index (χ4v) is 3.87. The molecule has 1 N–H and O–H groups in total. The number of nitrogens with one attached hydrogen (secondary N) is 1. The second-order valence-electron chi connectivity index (χ2n) is 8.31. The largest absolute Gasteiger partial charge is 0.329 e. The van der Waals surface area contributed by atoms with Crippen LogP contribution >= 0.6 is 22.9 Å². The van der Waals surface area contributed by atoms with Gasteiger partial charge in [-0.15, -0.1) is 11.3 Å². The van der Waals surface area contributed by atoms with Gasteiger partial charge in [-0.3, -0.25) is 9.59 Å². The van der Waals surface area contributed by atoms with Gasteiger partial charge in [-0.25, -0.2) is 4.68 Å². The molecule has 31 heavy (non-hydrogen) atoms. The summed E-state index contributed by atoms with van der Waals surface area (Å²) in [6, 6.07) is 12.7. The van der Waals surface area contributed by atoms with E-state index in [0.29, 0.717) is 22.3 Å². The first kappa shape index (κ1) is 23.0. The number of hydrogen-bond acceptors (Lipinski definition) is 4. The molecule has 1 aromatic carbocycles. The number of carbonyl (C=O) groups excluding carboxylic acids is 2. The second kappa shape index (κ2) is 9.66. The third-order valence-electron chi connectivity index (χ3n) is 4.66. The Morgan fingerprint density at radius 1 is 1.19 bits per heavy atom. The minimum Gasteiger partial charge on any atom is -0.329 e. The first-order chi connectivity index (χ1) is 14.7. The molecule has 3 aromatic rings. The van der Waals surface area contributed by atoms with Crippen molar-refractivity contribution >= 4 is 40.6 Å². The van der Waals surface area contributed by atoms with Crippen LogP contribution in [-0.4, -0.2) is 39.6 Å². The number of nitrogens with zero attached hydrogens (tertiary/aromatic N) is 3. The van der Waals surface area contributed by atoms with Gasteiger partial charge >= 0.3 is 0 Å². The zero-order chi connectivity index (χ0) is 22.6. The van der Waals surface area contributed by atoms with Crippen molar-refractivity contribution in [2.75, 3.05) is 18.4 Å². The standard InChI is InChI=1S/C23H27ClN4O2S/c1-5-12-27(22(30)18-7-6-13-31-18)15-21(29)25-20-14-19(23(2,3)4)26-28(20)17-10-8-16(24)9-11-17/h6-11,13-14H,5,12,15H2,1-4H3,(H,25,29). The third-order valence-corrected chi connectivity index (χ3v) is 5.77. The molecule has 0 aliphatic rings. The predicted molar refractivity (Wildman–Crippen MR) is 126 cm³/mol. The fraction of sp³-hybridized carbons (Fsp3) is 0.348. The number of aromatic nitrogens is 2. The summed E-state index contributed by atoms with van der Waals surface area (Å²) in [5.41, 5.74) is 1.44. The van der Waals surface area contributed by atoms with Crippen molar-refractivity contribution in [2.45, 2.75) is 39.5 Å². The highest BCUT2D eigenvalue weighted by Crippen LogP contribution is 2.27. The van der Waals surface area contributed by atoms with Crippen LogP contribution in [0.25, 0.3) is 5.69 Å². The maximum Gasteiger partial charge on any atom is 0.264 e. The van der Waals surface area contributed by atoms with E-state index in [9.17, 15) is 9.59 Å². The Balaban J connectivity index is 1.84. The highest BCUT2D eigenvalue weighted by molar-refractivity contribution is 7.12. The normalized spacial score (nSPS) is 11.4. The van der Waals surface area contributed by atoms with Gasteiger partial charge in [-0.1, -0.05) is 45.4 Å². The van der Waals surface area contributed by atoms with Crippen LogP contribution in [-0.2, 0) is 10.2 Å². The molecule has 6 nitrogen and oxygen atoms in total. The summed E-state index contributed by atoms with van der Waals surface area (Å²) in [5, 5.41) is 10.1. The van der Waals surface area contributed by atoms with Crippen LogP contribution in [0, 0.1) is 0 Å². The zero-order valence-electron chi connectivity index (χ0n) is 18.2. The monoisotopic (exact) mass is 458 g/mol. The van der Waals surface area contributed by atoms with E-state index in [1.165, 1.54) is 11.3 Å². The quantitative estimate of drug-likeness (QED) is 0.517. The number of thiophene rings is 1. The lowest BCUT2D eigenvalue weighted by atomic mass is 9.92. The van der Waals surface area contributed by atoms with E-state index in [2.05, 4.69) is 26.1 Å². The SMILES string of the molecule is CCCN(CC(=O)Nc1cc(C(C)(C)C)nn1-c1ccc(Cl)cc1)C(=O)c1cccs1. The average molecular weight is 459 g/mol. The van der Waals surface area contributed by atoms with Crippen molar-refractivity contribution in [1.29, 1.82) is 0 Å². The molecule has 0 bridgehead atoms. The van der Waals surface area contributed by atoms with Crippen LogP contribution < -0.4 is 5.32 Å². The van der Waals surface area contributed by atoms with E-state index in [4.69, 9.17) is 16.7 Å². The molecule has 164 valence electrons. The number of halogens is 1. The van der Waals surface area contributed by atoms with Crippen LogP contribution in [0.1, 0.15) is 49.5 Å². The molecule has 0 spiro atoms. The molecular formula is C23H27ClN4O2S. The Bertz CT molecular complexity index is 1040. The summed E-state index contributed by atoms with van der Waals surface area (Å²) < 4.78 is 1.69. The van der Waals surface area contributed by atoms with Gasteiger partial charge in [0.25, 0.3) is 5.91 Å². The van der Waals surface area contributed by atoms with E-state index in [1.54, 1.807) is 27.8 Å². The Kier molecular flexibility index (Phi) is 7.18. The number of hydrogen-bond donors (Lipinski definition) is 1. The predicted octanol–water partition coefficient (Wildman–Crippen LogP) is 5.38. The topological polar surface area (TPSA) is 67.2 Å². The maximum absolute atomic E-state index is 12.9. The molecule has 0 saturated heterocycles. The van der Waals surface area contributed by atoms with Crippen molar-refractivity contribution in [3.63, 3.8) is 0 Å². The van der Waals surface area contributed by atoms with Gasteiger partial charge in [0.2, 0.25) is 5.91 Å². The number of benzene rings is 1. The summed E-state index contributed by atoms with van der Waals surface area (Å²) in [6.07, 6.45) is 0.765. The Hall–Kier alpha value is -2.64. The molecule has 3 rings (SSSR count). The fourth-order valence-electron chi connectivity index (χ4n) is 3.05. The molecule has 0 radical (unpaired) electrons. The number of amides is 2. The molecular weight excluding hydrogens is 432 g/mol. The molecule has 8 heteroatoms. The van der Waals surface area contributed by atoms with Crippen molar-refractivity contribution in [3.05, 3.63) is 63.4 Å². The van der Waals surface area contributed by atoms with Crippen LogP contribution in [0.3, 0.4) is 0 Å². The average Bonchev–Trinajstić information content (AvgIpc) is 3.38. The van der Waals surface area contributed by atoms with Gasteiger partial charge in [0.05, 0.1) is 16.3 Å². The van der Waals surface area contributed by atoms with Gasteiger partial charge in [-0.05, 0) is 42.1 Å². The molecule has 2 aromatic heterocycles. The molecule has 0 fully saturated rings. The molecule has 2 amide bonds. The third kappa shape index (κ3) is 5.74. The number of carbonyl (C=O) groups is 2. The van der Waals surface area contributed by atoms with Gasteiger partial charge in [0.1, 0.15) is 12.4 Å². The molecule has 0 unspecified atom stereocenters. The van der Waals surface area contributed by atoms with E-state index >= 15 is 0 Å². The lowest BCUT2D eigenvalue weighted by Gasteiger charge is -2.21. The van der Waals surface area contributed by atoms with E-state index in [-0.39, 0.29) is 23.8 Å². The van der Waals surface area contributed by atoms with Crippen molar-refractivity contribution in [3.8, 4) is 5.69 Å². The van der Waals surface area contributed by atoms with Gasteiger partial charge in [-0.2, -0.15) is 5.10 Å². The Labute approximate surface area is 191 Å². The van der Waals surface area contributed by atoms with Crippen LogP contribution in [0.15, 0.2) is 47.8 Å². The van der Waals surface area contributed by atoms with Gasteiger partial charge in [0, 0.05) is 23.0 Å². The molecule has 0 aliphatic heterocycles. The molecule has 0 saturated carbocycles. The second-order valence-corrected chi connectivity index (χ2v) is 9.69. The molecule has 2 heterocycles. The van der Waals surface area contributed by atoms with Crippen LogP contribution in [0.5, 0.6) is 0 Å². The first-order valence-electron chi connectivity index (χ1n) is 10.2. The Morgan fingerprint density at radius 2 is 1.90 bits per heavy atom. The molecule has 0 atom stereocenters. The number of rotatable bonds is 7. The van der Waals surface area contributed by atoms with Crippen LogP contribution in [0.4, 0.5) is 5.82 Å². The highest BCUT2D eigenvalue weighted by atomic mass is 35.5. The minimum atomic E-state index is -0.270. The van der Waals surface area contributed by atoms with Crippen molar-refractivity contribution in [2.24, 2.45) is 0 Å². The Morgan fingerprint density at radius 3 is 2.48 bits per heavy atom. The van der Waals surface area contributed by atoms with E-state index in [1.807, 2.05) is 36.6 Å². The van der Waals surface area contributed by atoms with Crippen molar-refractivity contribution < 1.29 is 9.59 Å². The van der Waals surface area contributed by atoms with Crippen molar-refractivity contribution in [1.82, 2.24) is 14.7 Å². The summed E-state index contributed by atoms with van der Waals surface area (Å²) in [6.45, 7) is 8.66. The molecule has 0 aliphatic carbocycles. The summed E-state index contributed by atoms with van der Waals surface area (Å²) in [7, 11) is 0. The summed E-state index contributed by atoms with van der Waals surface area (Å²) >= 11 is 7.40.